The average molecular weight is 234 g/mol. The fourth-order valence-corrected chi connectivity index (χ4v) is 2.35. The summed E-state index contributed by atoms with van der Waals surface area (Å²) in [6, 6.07) is 0.565. The molecule has 17 heavy (non-hydrogen) atoms. The third-order valence-electron chi connectivity index (χ3n) is 3.59. The highest BCUT2D eigenvalue weighted by molar-refractivity contribution is 5.75. The first kappa shape index (κ1) is 10.6. The van der Waals surface area contributed by atoms with Crippen molar-refractivity contribution in [3.63, 3.8) is 0 Å². The Morgan fingerprint density at radius 1 is 1.35 bits per heavy atom. The molecule has 0 spiro atoms. The highest BCUT2D eigenvalue weighted by Crippen LogP contribution is 2.26. The van der Waals surface area contributed by atoms with E-state index < -0.39 is 0 Å². The number of likely N-dealkylation sites (tertiary alicyclic amines) is 1. The quantitative estimate of drug-likeness (QED) is 0.813. The number of aromatic nitrogens is 2. The lowest BCUT2D eigenvalue weighted by atomic mass is 9.96. The van der Waals surface area contributed by atoms with E-state index in [2.05, 4.69) is 15.3 Å². The van der Waals surface area contributed by atoms with Gasteiger partial charge in [0, 0.05) is 37.4 Å². The fraction of sp³-hybridized carbons (Fsp3) is 0.667. The lowest BCUT2D eigenvalue weighted by Crippen LogP contribution is -2.44. The second-order valence-corrected chi connectivity index (χ2v) is 4.96. The number of hydrogen-bond acceptors (Lipinski definition) is 2. The normalized spacial score (nSPS) is 21.5. The Hall–Kier alpha value is -1.52. The fourth-order valence-electron chi connectivity index (χ4n) is 2.35. The molecule has 1 saturated carbocycles. The van der Waals surface area contributed by atoms with Crippen molar-refractivity contribution in [2.75, 3.05) is 13.1 Å². The molecule has 0 bridgehead atoms. The molecule has 5 heteroatoms. The van der Waals surface area contributed by atoms with Crippen molar-refractivity contribution >= 4 is 6.03 Å². The molecular formula is C12H18N4O. The van der Waals surface area contributed by atoms with E-state index in [1.54, 1.807) is 6.20 Å². The molecule has 2 N–H and O–H groups in total. The summed E-state index contributed by atoms with van der Waals surface area (Å²) >= 11 is 0. The molecule has 1 aliphatic heterocycles. The number of imidazole rings is 1. The molecule has 1 aromatic heterocycles. The number of hydrogen-bond donors (Lipinski definition) is 2. The molecule has 1 aliphatic carbocycles. The zero-order valence-electron chi connectivity index (χ0n) is 9.85. The van der Waals surface area contributed by atoms with Gasteiger partial charge in [-0.25, -0.2) is 9.78 Å². The zero-order valence-corrected chi connectivity index (χ0v) is 9.85. The number of amides is 2. The van der Waals surface area contributed by atoms with E-state index in [1.165, 1.54) is 0 Å². The number of piperidine rings is 1. The van der Waals surface area contributed by atoms with Crippen molar-refractivity contribution in [2.24, 2.45) is 0 Å². The Kier molecular flexibility index (Phi) is 2.74. The van der Waals surface area contributed by atoms with Crippen molar-refractivity contribution in [2.45, 2.75) is 37.6 Å². The Morgan fingerprint density at radius 3 is 2.71 bits per heavy atom. The first-order chi connectivity index (χ1) is 8.33. The third kappa shape index (κ3) is 2.43. The van der Waals surface area contributed by atoms with Crippen molar-refractivity contribution in [1.29, 1.82) is 0 Å². The summed E-state index contributed by atoms with van der Waals surface area (Å²) in [6.45, 7) is 1.67. The first-order valence-corrected chi connectivity index (χ1v) is 6.37. The van der Waals surface area contributed by atoms with Gasteiger partial charge in [0.25, 0.3) is 0 Å². The van der Waals surface area contributed by atoms with E-state index in [0.717, 1.165) is 44.6 Å². The number of nitrogens with one attached hydrogen (secondary N) is 2. The Bertz CT molecular complexity index is 377. The number of H-pyrrole nitrogens is 1. The van der Waals surface area contributed by atoms with Crippen LogP contribution in [0.2, 0.25) is 0 Å². The molecular weight excluding hydrogens is 216 g/mol. The lowest BCUT2D eigenvalue weighted by Gasteiger charge is -2.31. The van der Waals surface area contributed by atoms with Crippen molar-refractivity contribution in [3.05, 3.63) is 18.2 Å². The maximum absolute atomic E-state index is 11.8. The number of urea groups is 1. The monoisotopic (exact) mass is 234 g/mol. The summed E-state index contributed by atoms with van der Waals surface area (Å²) in [4.78, 5) is 21.2. The van der Waals surface area contributed by atoms with Gasteiger partial charge < -0.3 is 15.2 Å². The van der Waals surface area contributed by atoms with Gasteiger partial charge in [0.15, 0.2) is 0 Å². The smallest absolute Gasteiger partial charge is 0.317 e. The molecule has 1 aromatic rings. The zero-order chi connectivity index (χ0) is 11.7. The predicted octanol–water partition coefficient (Wildman–Crippen LogP) is 1.46. The van der Waals surface area contributed by atoms with Gasteiger partial charge in [0.1, 0.15) is 5.82 Å². The van der Waals surface area contributed by atoms with Crippen LogP contribution in [-0.4, -0.2) is 40.0 Å². The topological polar surface area (TPSA) is 61.0 Å². The van der Waals surface area contributed by atoms with Crippen molar-refractivity contribution in [3.8, 4) is 0 Å². The van der Waals surface area contributed by atoms with Gasteiger partial charge in [0.2, 0.25) is 0 Å². The van der Waals surface area contributed by atoms with Crippen molar-refractivity contribution < 1.29 is 4.79 Å². The van der Waals surface area contributed by atoms with E-state index in [4.69, 9.17) is 0 Å². The van der Waals surface area contributed by atoms with Crippen molar-refractivity contribution in [1.82, 2.24) is 20.2 Å². The Morgan fingerprint density at radius 2 is 2.12 bits per heavy atom. The highest BCUT2D eigenvalue weighted by Gasteiger charge is 2.29. The number of carbonyl (C=O) groups is 1. The number of aromatic amines is 1. The van der Waals surface area contributed by atoms with Gasteiger partial charge in [-0.15, -0.1) is 0 Å². The van der Waals surface area contributed by atoms with Crippen LogP contribution in [-0.2, 0) is 0 Å². The van der Waals surface area contributed by atoms with Gasteiger partial charge in [-0.3, -0.25) is 0 Å². The second-order valence-electron chi connectivity index (χ2n) is 4.96. The Balaban J connectivity index is 1.51. The van der Waals surface area contributed by atoms with Crippen LogP contribution in [0.25, 0.3) is 0 Å². The first-order valence-electron chi connectivity index (χ1n) is 6.37. The van der Waals surface area contributed by atoms with Crippen LogP contribution in [0.1, 0.15) is 37.4 Å². The van der Waals surface area contributed by atoms with Crippen LogP contribution in [0, 0.1) is 0 Å². The highest BCUT2D eigenvalue weighted by atomic mass is 16.2. The summed E-state index contributed by atoms with van der Waals surface area (Å²) < 4.78 is 0. The summed E-state index contributed by atoms with van der Waals surface area (Å²) in [5, 5.41) is 3.04. The third-order valence-corrected chi connectivity index (χ3v) is 3.59. The van der Waals surface area contributed by atoms with E-state index in [-0.39, 0.29) is 6.03 Å². The Labute approximate surface area is 101 Å². The van der Waals surface area contributed by atoms with Crippen LogP contribution in [0.3, 0.4) is 0 Å². The second kappa shape index (κ2) is 4.39. The lowest BCUT2D eigenvalue weighted by molar-refractivity contribution is 0.180. The molecule has 1 saturated heterocycles. The van der Waals surface area contributed by atoms with E-state index in [9.17, 15) is 4.79 Å². The summed E-state index contributed by atoms with van der Waals surface area (Å²) in [5.41, 5.74) is 0. The van der Waals surface area contributed by atoms with E-state index in [1.807, 2.05) is 11.1 Å². The van der Waals surface area contributed by atoms with Crippen LogP contribution in [0.15, 0.2) is 12.4 Å². The predicted molar refractivity (Wildman–Crippen MR) is 63.7 cm³/mol. The largest absolute Gasteiger partial charge is 0.348 e. The minimum absolute atomic E-state index is 0.116. The van der Waals surface area contributed by atoms with Crippen LogP contribution < -0.4 is 5.32 Å². The molecule has 2 heterocycles. The minimum Gasteiger partial charge on any atom is -0.348 e. The number of rotatable bonds is 2. The van der Waals surface area contributed by atoms with Crippen LogP contribution >= 0.6 is 0 Å². The summed E-state index contributed by atoms with van der Waals surface area (Å²) in [6.07, 6.45) is 7.96. The molecule has 2 aliphatic rings. The molecule has 2 amide bonds. The molecule has 0 atom stereocenters. The molecule has 0 unspecified atom stereocenters. The molecule has 3 rings (SSSR count). The van der Waals surface area contributed by atoms with E-state index in [0.29, 0.717) is 12.0 Å². The molecule has 5 nitrogen and oxygen atoms in total. The van der Waals surface area contributed by atoms with Gasteiger partial charge in [-0.1, -0.05) is 0 Å². The standard InChI is InChI=1S/C12H18N4O/c17-12(15-10-1-2-10)16-7-3-9(4-8-16)11-13-5-6-14-11/h5-6,9-10H,1-4,7-8H2,(H,13,14)(H,15,17). The maximum atomic E-state index is 11.8. The molecule has 2 fully saturated rings. The van der Waals surface area contributed by atoms with Gasteiger partial charge in [-0.05, 0) is 25.7 Å². The summed E-state index contributed by atoms with van der Waals surface area (Å²) in [7, 11) is 0. The van der Waals surface area contributed by atoms with Crippen LogP contribution in [0.4, 0.5) is 4.79 Å². The molecule has 92 valence electrons. The number of nitrogens with zero attached hydrogens (tertiary/aromatic N) is 2. The number of carbonyl (C=O) groups excluding carboxylic acids is 1. The van der Waals surface area contributed by atoms with Crippen LogP contribution in [0.5, 0.6) is 0 Å². The van der Waals surface area contributed by atoms with Gasteiger partial charge in [0.05, 0.1) is 0 Å². The molecule has 0 radical (unpaired) electrons. The minimum atomic E-state index is 0.116. The van der Waals surface area contributed by atoms with E-state index >= 15 is 0 Å². The van der Waals surface area contributed by atoms with Gasteiger partial charge in [-0.2, -0.15) is 0 Å². The average Bonchev–Trinajstić information content (AvgIpc) is 3.00. The molecule has 0 aromatic carbocycles. The van der Waals surface area contributed by atoms with Gasteiger partial charge >= 0.3 is 6.03 Å². The maximum Gasteiger partial charge on any atom is 0.317 e. The SMILES string of the molecule is O=C(NC1CC1)N1CCC(c2ncc[nH]2)CC1. The summed E-state index contributed by atoms with van der Waals surface area (Å²) in [5.74, 6) is 1.54.